The fraction of sp³-hybridized carbons (Fsp3) is 0.261. The molecule has 0 aliphatic carbocycles. The Hall–Kier alpha value is -2.51. The van der Waals surface area contributed by atoms with Crippen molar-refractivity contribution >= 4 is 15.9 Å². The van der Waals surface area contributed by atoms with E-state index < -0.39 is 11.6 Å². The first kappa shape index (κ1) is 22.2. The van der Waals surface area contributed by atoms with Gasteiger partial charge in [-0.15, -0.1) is 0 Å². The van der Waals surface area contributed by atoms with Crippen molar-refractivity contribution in [2.24, 2.45) is 0 Å². The summed E-state index contributed by atoms with van der Waals surface area (Å²) in [5, 5.41) is 0. The van der Waals surface area contributed by atoms with Crippen molar-refractivity contribution in [2.45, 2.75) is 27.0 Å². The van der Waals surface area contributed by atoms with Crippen LogP contribution in [0.1, 0.15) is 22.4 Å². The Morgan fingerprint density at radius 2 is 1.80 bits per heavy atom. The van der Waals surface area contributed by atoms with Crippen molar-refractivity contribution in [3.05, 3.63) is 91.3 Å². The molecule has 0 N–H and O–H groups in total. The van der Waals surface area contributed by atoms with Gasteiger partial charge in [0.25, 0.3) is 5.56 Å². The number of nitrogens with zero attached hydrogens (tertiary/aromatic N) is 2. The molecule has 4 nitrogen and oxygen atoms in total. The van der Waals surface area contributed by atoms with E-state index in [1.165, 1.54) is 12.1 Å². The lowest BCUT2D eigenvalue weighted by molar-refractivity contribution is 0.296. The number of ether oxygens (including phenoxy) is 1. The number of aromatic nitrogens is 1. The second kappa shape index (κ2) is 9.10. The molecule has 0 unspecified atom stereocenters. The Balaban J connectivity index is 1.96. The number of hydrogen-bond acceptors (Lipinski definition) is 3. The second-order valence-electron chi connectivity index (χ2n) is 7.49. The maximum absolute atomic E-state index is 13.9. The van der Waals surface area contributed by atoms with Gasteiger partial charge in [-0.25, -0.2) is 8.78 Å². The SMILES string of the molecule is Cc1ccc(CN(C)C)cc1-n1c(C)cc(OCc2ccc(F)cc2F)c(Br)c1=O. The average Bonchev–Trinajstić information content (AvgIpc) is 2.66. The lowest BCUT2D eigenvalue weighted by atomic mass is 10.1. The molecule has 0 saturated carbocycles. The summed E-state index contributed by atoms with van der Waals surface area (Å²) in [6, 6.07) is 11.1. The molecule has 0 radical (unpaired) electrons. The molecule has 2 aromatic carbocycles. The minimum atomic E-state index is -0.690. The molecule has 3 aromatic rings. The topological polar surface area (TPSA) is 34.5 Å². The van der Waals surface area contributed by atoms with Gasteiger partial charge in [-0.2, -0.15) is 0 Å². The summed E-state index contributed by atoms with van der Waals surface area (Å²) in [4.78, 5) is 15.2. The van der Waals surface area contributed by atoms with E-state index >= 15 is 0 Å². The fourth-order valence-electron chi connectivity index (χ4n) is 3.24. The van der Waals surface area contributed by atoms with E-state index in [1.807, 2.05) is 46.1 Å². The maximum atomic E-state index is 13.9. The summed E-state index contributed by atoms with van der Waals surface area (Å²) in [6.45, 7) is 4.41. The van der Waals surface area contributed by atoms with Crippen LogP contribution in [0.2, 0.25) is 0 Å². The molecule has 7 heteroatoms. The Morgan fingerprint density at radius 1 is 1.07 bits per heavy atom. The molecule has 0 amide bonds. The van der Waals surface area contributed by atoms with Gasteiger partial charge in [0.05, 0.1) is 5.69 Å². The minimum absolute atomic E-state index is 0.120. The summed E-state index contributed by atoms with van der Waals surface area (Å²) in [5.41, 5.74) is 3.48. The van der Waals surface area contributed by atoms with Gasteiger partial charge in [0.2, 0.25) is 0 Å². The quantitative estimate of drug-likeness (QED) is 0.494. The van der Waals surface area contributed by atoms with Crippen molar-refractivity contribution in [3.8, 4) is 11.4 Å². The molecule has 0 fully saturated rings. The highest BCUT2D eigenvalue weighted by Crippen LogP contribution is 2.26. The molecule has 0 aliphatic rings. The molecule has 3 rings (SSSR count). The number of rotatable bonds is 6. The standard InChI is InChI=1S/C23H23BrF2N2O2/c1-14-5-6-16(12-27(3)4)10-20(14)28-15(2)9-21(22(24)23(28)29)30-13-17-7-8-18(25)11-19(17)26/h5-11H,12-13H2,1-4H3. The van der Waals surface area contributed by atoms with Gasteiger partial charge in [0.15, 0.2) is 0 Å². The Labute approximate surface area is 182 Å². The number of halogens is 3. The van der Waals surface area contributed by atoms with Gasteiger partial charge in [-0.3, -0.25) is 9.36 Å². The summed E-state index contributed by atoms with van der Waals surface area (Å²) >= 11 is 3.33. The highest BCUT2D eigenvalue weighted by atomic mass is 79.9. The van der Waals surface area contributed by atoms with Gasteiger partial charge in [-0.1, -0.05) is 12.1 Å². The van der Waals surface area contributed by atoms with E-state index in [-0.39, 0.29) is 22.2 Å². The third-order valence-electron chi connectivity index (χ3n) is 4.71. The average molecular weight is 477 g/mol. The summed E-state index contributed by atoms with van der Waals surface area (Å²) in [6.07, 6.45) is 0. The van der Waals surface area contributed by atoms with E-state index in [4.69, 9.17) is 4.74 Å². The van der Waals surface area contributed by atoms with Gasteiger partial charge < -0.3 is 9.64 Å². The first-order chi connectivity index (χ1) is 14.2. The highest BCUT2D eigenvalue weighted by molar-refractivity contribution is 9.10. The second-order valence-corrected chi connectivity index (χ2v) is 8.28. The number of pyridine rings is 1. The van der Waals surface area contributed by atoms with Crippen LogP contribution in [-0.2, 0) is 13.2 Å². The summed E-state index contributed by atoms with van der Waals surface area (Å²) < 4.78 is 34.5. The molecule has 0 aliphatic heterocycles. The van der Waals surface area contributed by atoms with Crippen LogP contribution in [0.15, 0.2) is 51.7 Å². The molecule has 1 heterocycles. The lowest BCUT2D eigenvalue weighted by Crippen LogP contribution is -2.23. The zero-order chi connectivity index (χ0) is 22.0. The largest absolute Gasteiger partial charge is 0.487 e. The number of aryl methyl sites for hydroxylation is 2. The van der Waals surface area contributed by atoms with Crippen LogP contribution in [0.5, 0.6) is 5.75 Å². The van der Waals surface area contributed by atoms with Crippen molar-refractivity contribution in [2.75, 3.05) is 14.1 Å². The van der Waals surface area contributed by atoms with Crippen LogP contribution < -0.4 is 10.3 Å². The van der Waals surface area contributed by atoms with E-state index in [0.29, 0.717) is 11.4 Å². The van der Waals surface area contributed by atoms with E-state index in [1.54, 1.807) is 10.6 Å². The Morgan fingerprint density at radius 3 is 2.47 bits per heavy atom. The normalized spacial score (nSPS) is 11.2. The third-order valence-corrected chi connectivity index (χ3v) is 5.44. The molecule has 0 spiro atoms. The monoisotopic (exact) mass is 476 g/mol. The van der Waals surface area contributed by atoms with Crippen LogP contribution in [0.25, 0.3) is 5.69 Å². The molecular weight excluding hydrogens is 454 g/mol. The minimum Gasteiger partial charge on any atom is -0.487 e. The van der Waals surface area contributed by atoms with E-state index in [2.05, 4.69) is 20.8 Å². The van der Waals surface area contributed by atoms with Crippen molar-refractivity contribution in [1.82, 2.24) is 9.47 Å². The predicted molar refractivity (Wildman–Crippen MR) is 117 cm³/mol. The van der Waals surface area contributed by atoms with Gasteiger partial charge in [0.1, 0.15) is 28.5 Å². The Kier molecular flexibility index (Phi) is 6.73. The van der Waals surface area contributed by atoms with E-state index in [9.17, 15) is 13.6 Å². The smallest absolute Gasteiger partial charge is 0.273 e. The maximum Gasteiger partial charge on any atom is 0.273 e. The summed E-state index contributed by atoms with van der Waals surface area (Å²) in [7, 11) is 3.98. The van der Waals surface area contributed by atoms with Crippen LogP contribution in [-0.4, -0.2) is 23.6 Å². The molecule has 30 heavy (non-hydrogen) atoms. The first-order valence-electron chi connectivity index (χ1n) is 9.41. The summed E-state index contributed by atoms with van der Waals surface area (Å²) in [5.74, 6) is -1.04. The molecule has 0 bridgehead atoms. The predicted octanol–water partition coefficient (Wildman–Crippen LogP) is 5.14. The molecule has 1 aromatic heterocycles. The lowest BCUT2D eigenvalue weighted by Gasteiger charge is -2.18. The van der Waals surface area contributed by atoms with Crippen molar-refractivity contribution in [3.63, 3.8) is 0 Å². The highest BCUT2D eigenvalue weighted by Gasteiger charge is 2.16. The van der Waals surface area contributed by atoms with Crippen LogP contribution in [0, 0.1) is 25.5 Å². The molecule has 158 valence electrons. The third kappa shape index (κ3) is 4.79. The first-order valence-corrected chi connectivity index (χ1v) is 10.2. The molecule has 0 saturated heterocycles. The van der Waals surface area contributed by atoms with Crippen molar-refractivity contribution in [1.29, 1.82) is 0 Å². The van der Waals surface area contributed by atoms with Crippen LogP contribution >= 0.6 is 15.9 Å². The molecule has 0 atom stereocenters. The van der Waals surface area contributed by atoms with Gasteiger partial charge >= 0.3 is 0 Å². The number of benzene rings is 2. The fourth-order valence-corrected chi connectivity index (χ4v) is 3.65. The zero-order valence-electron chi connectivity index (χ0n) is 17.3. The van der Waals surface area contributed by atoms with Gasteiger partial charge in [0, 0.05) is 29.9 Å². The molecular formula is C23H23BrF2N2O2. The van der Waals surface area contributed by atoms with Gasteiger partial charge in [-0.05, 0) is 73.2 Å². The van der Waals surface area contributed by atoms with E-state index in [0.717, 1.165) is 29.4 Å². The van der Waals surface area contributed by atoms with Crippen molar-refractivity contribution < 1.29 is 13.5 Å². The zero-order valence-corrected chi connectivity index (χ0v) is 18.9. The van der Waals surface area contributed by atoms with Crippen LogP contribution in [0.3, 0.4) is 0 Å². The van der Waals surface area contributed by atoms with Crippen LogP contribution in [0.4, 0.5) is 8.78 Å². The Bertz CT molecular complexity index is 1140. The number of hydrogen-bond donors (Lipinski definition) is 0.